The Morgan fingerprint density at radius 2 is 1.86 bits per heavy atom. The van der Waals surface area contributed by atoms with Crippen LogP contribution in [0.3, 0.4) is 0 Å². The molecule has 0 radical (unpaired) electrons. The zero-order valence-corrected chi connectivity index (χ0v) is 12.4. The highest BCUT2D eigenvalue weighted by atomic mass is 16.5. The van der Waals surface area contributed by atoms with Gasteiger partial charge in [0.2, 0.25) is 5.91 Å². The molecule has 1 aromatic rings. The van der Waals surface area contributed by atoms with Crippen LogP contribution >= 0.6 is 0 Å². The average Bonchev–Trinajstić information content (AvgIpc) is 2.92. The Kier molecular flexibility index (Phi) is 4.18. The second-order valence-corrected chi connectivity index (χ2v) is 5.61. The number of benzene rings is 1. The molecule has 1 saturated heterocycles. The molecule has 1 atom stereocenters. The van der Waals surface area contributed by atoms with Crippen LogP contribution in [-0.4, -0.2) is 43.2 Å². The lowest BCUT2D eigenvalue weighted by Gasteiger charge is -2.22. The van der Waals surface area contributed by atoms with Crippen LogP contribution in [0.5, 0.6) is 11.5 Å². The number of carbonyl (C=O) groups excluding carboxylic acids is 1. The summed E-state index contributed by atoms with van der Waals surface area (Å²) < 4.78 is 11.3. The SMILES string of the molecule is CC(Nc1ccc2c(c1)OCCCO2)C(=O)N1CCCC1. The number of amides is 1. The van der Waals surface area contributed by atoms with Crippen LogP contribution in [0.15, 0.2) is 18.2 Å². The van der Waals surface area contributed by atoms with E-state index in [0.29, 0.717) is 13.2 Å². The first-order chi connectivity index (χ1) is 10.2. The fraction of sp³-hybridized carbons (Fsp3) is 0.562. The fourth-order valence-electron chi connectivity index (χ4n) is 2.78. The van der Waals surface area contributed by atoms with E-state index >= 15 is 0 Å². The van der Waals surface area contributed by atoms with Crippen molar-refractivity contribution < 1.29 is 14.3 Å². The van der Waals surface area contributed by atoms with Gasteiger partial charge in [-0.1, -0.05) is 0 Å². The average molecular weight is 290 g/mol. The van der Waals surface area contributed by atoms with Crippen LogP contribution in [0.25, 0.3) is 0 Å². The molecule has 5 nitrogen and oxygen atoms in total. The number of anilines is 1. The Hall–Kier alpha value is -1.91. The third kappa shape index (κ3) is 3.23. The number of hydrogen-bond acceptors (Lipinski definition) is 4. The second kappa shape index (κ2) is 6.24. The Morgan fingerprint density at radius 3 is 2.62 bits per heavy atom. The lowest BCUT2D eigenvalue weighted by Crippen LogP contribution is -2.39. The molecule has 1 amide bonds. The molecule has 1 aromatic carbocycles. The Balaban J connectivity index is 1.66. The minimum absolute atomic E-state index is 0.166. The summed E-state index contributed by atoms with van der Waals surface area (Å²) in [4.78, 5) is 14.2. The number of likely N-dealkylation sites (tertiary alicyclic amines) is 1. The maximum atomic E-state index is 12.3. The molecule has 0 aliphatic carbocycles. The number of rotatable bonds is 3. The summed E-state index contributed by atoms with van der Waals surface area (Å²) in [5, 5.41) is 3.26. The molecule has 2 heterocycles. The maximum absolute atomic E-state index is 12.3. The van der Waals surface area contributed by atoms with Crippen molar-refractivity contribution in [3.8, 4) is 11.5 Å². The first kappa shape index (κ1) is 14.0. The van der Waals surface area contributed by atoms with Gasteiger partial charge in [-0.3, -0.25) is 4.79 Å². The monoisotopic (exact) mass is 290 g/mol. The topological polar surface area (TPSA) is 50.8 Å². The van der Waals surface area contributed by atoms with Gasteiger partial charge in [0.1, 0.15) is 6.04 Å². The maximum Gasteiger partial charge on any atom is 0.244 e. The van der Waals surface area contributed by atoms with Crippen LogP contribution in [0, 0.1) is 0 Å². The zero-order chi connectivity index (χ0) is 14.7. The molecule has 1 unspecified atom stereocenters. The van der Waals surface area contributed by atoms with E-state index < -0.39 is 0 Å². The molecule has 2 aliphatic heterocycles. The lowest BCUT2D eigenvalue weighted by molar-refractivity contribution is -0.130. The van der Waals surface area contributed by atoms with Crippen LogP contribution in [-0.2, 0) is 4.79 Å². The molecule has 3 rings (SSSR count). The summed E-state index contributed by atoms with van der Waals surface area (Å²) in [7, 11) is 0. The lowest BCUT2D eigenvalue weighted by atomic mass is 10.2. The number of ether oxygens (including phenoxy) is 2. The van der Waals surface area contributed by atoms with Crippen molar-refractivity contribution in [1.82, 2.24) is 4.90 Å². The van der Waals surface area contributed by atoms with Gasteiger partial charge in [-0.05, 0) is 31.9 Å². The van der Waals surface area contributed by atoms with Crippen molar-refractivity contribution >= 4 is 11.6 Å². The Morgan fingerprint density at radius 1 is 1.14 bits per heavy atom. The predicted molar refractivity (Wildman–Crippen MR) is 80.9 cm³/mol. The normalized spacial score (nSPS) is 19.0. The van der Waals surface area contributed by atoms with Gasteiger partial charge in [-0.15, -0.1) is 0 Å². The van der Waals surface area contributed by atoms with Gasteiger partial charge in [0.25, 0.3) is 0 Å². The van der Waals surface area contributed by atoms with E-state index in [1.54, 1.807) is 0 Å². The van der Waals surface area contributed by atoms with E-state index in [-0.39, 0.29) is 11.9 Å². The van der Waals surface area contributed by atoms with Gasteiger partial charge < -0.3 is 19.7 Å². The van der Waals surface area contributed by atoms with Gasteiger partial charge in [-0.2, -0.15) is 0 Å². The zero-order valence-electron chi connectivity index (χ0n) is 12.4. The summed E-state index contributed by atoms with van der Waals surface area (Å²) in [5.74, 6) is 1.69. The van der Waals surface area contributed by atoms with E-state index in [1.165, 1.54) is 0 Å². The Bertz CT molecular complexity index is 512. The molecular weight excluding hydrogens is 268 g/mol. The van der Waals surface area contributed by atoms with Crippen molar-refractivity contribution in [1.29, 1.82) is 0 Å². The molecule has 1 N–H and O–H groups in total. The third-order valence-corrected chi connectivity index (χ3v) is 3.92. The standard InChI is InChI=1S/C16H22N2O3/c1-12(16(19)18-7-2-3-8-18)17-13-5-6-14-15(11-13)21-10-4-9-20-14/h5-6,11-12,17H,2-4,7-10H2,1H3. The summed E-state index contributed by atoms with van der Waals surface area (Å²) >= 11 is 0. The summed E-state index contributed by atoms with van der Waals surface area (Å²) in [5.41, 5.74) is 0.888. The van der Waals surface area contributed by atoms with Crippen LogP contribution in [0.4, 0.5) is 5.69 Å². The van der Waals surface area contributed by atoms with Gasteiger partial charge in [0, 0.05) is 31.3 Å². The fourth-order valence-corrected chi connectivity index (χ4v) is 2.78. The number of fused-ring (bicyclic) bond motifs is 1. The summed E-state index contributed by atoms with van der Waals surface area (Å²) in [6.07, 6.45) is 3.12. The molecular formula is C16H22N2O3. The molecule has 1 fully saturated rings. The first-order valence-corrected chi connectivity index (χ1v) is 7.69. The minimum atomic E-state index is -0.229. The number of hydrogen-bond donors (Lipinski definition) is 1. The number of nitrogens with zero attached hydrogens (tertiary/aromatic N) is 1. The molecule has 114 valence electrons. The van der Waals surface area contributed by atoms with Crippen molar-refractivity contribution in [3.63, 3.8) is 0 Å². The van der Waals surface area contributed by atoms with E-state index in [9.17, 15) is 4.79 Å². The molecule has 0 saturated carbocycles. The van der Waals surface area contributed by atoms with Crippen LogP contribution in [0.1, 0.15) is 26.2 Å². The highest BCUT2D eigenvalue weighted by molar-refractivity contribution is 5.84. The number of carbonyl (C=O) groups is 1. The van der Waals surface area contributed by atoms with E-state index in [4.69, 9.17) is 9.47 Å². The largest absolute Gasteiger partial charge is 0.490 e. The quantitative estimate of drug-likeness (QED) is 0.928. The van der Waals surface area contributed by atoms with E-state index in [2.05, 4.69) is 5.32 Å². The molecule has 0 spiro atoms. The second-order valence-electron chi connectivity index (χ2n) is 5.61. The first-order valence-electron chi connectivity index (χ1n) is 7.69. The third-order valence-electron chi connectivity index (χ3n) is 3.92. The van der Waals surface area contributed by atoms with Crippen molar-refractivity contribution in [3.05, 3.63) is 18.2 Å². The van der Waals surface area contributed by atoms with Crippen molar-refractivity contribution in [2.24, 2.45) is 0 Å². The van der Waals surface area contributed by atoms with Gasteiger partial charge in [0.15, 0.2) is 11.5 Å². The number of nitrogens with one attached hydrogen (secondary N) is 1. The minimum Gasteiger partial charge on any atom is -0.490 e. The van der Waals surface area contributed by atoms with Crippen LogP contribution in [0.2, 0.25) is 0 Å². The predicted octanol–water partition coefficient (Wildman–Crippen LogP) is 2.27. The Labute approximate surface area is 125 Å². The summed E-state index contributed by atoms with van der Waals surface area (Å²) in [6.45, 7) is 5.02. The van der Waals surface area contributed by atoms with Gasteiger partial charge >= 0.3 is 0 Å². The highest BCUT2D eigenvalue weighted by Gasteiger charge is 2.23. The van der Waals surface area contributed by atoms with Gasteiger partial charge in [0.05, 0.1) is 13.2 Å². The molecule has 0 aromatic heterocycles. The van der Waals surface area contributed by atoms with E-state index in [0.717, 1.165) is 49.5 Å². The molecule has 0 bridgehead atoms. The molecule has 5 heteroatoms. The highest BCUT2D eigenvalue weighted by Crippen LogP contribution is 2.32. The van der Waals surface area contributed by atoms with E-state index in [1.807, 2.05) is 30.0 Å². The molecule has 21 heavy (non-hydrogen) atoms. The van der Waals surface area contributed by atoms with Crippen molar-refractivity contribution in [2.75, 3.05) is 31.6 Å². The molecule has 2 aliphatic rings. The van der Waals surface area contributed by atoms with Crippen molar-refractivity contribution in [2.45, 2.75) is 32.2 Å². The van der Waals surface area contributed by atoms with Gasteiger partial charge in [-0.25, -0.2) is 0 Å². The smallest absolute Gasteiger partial charge is 0.244 e. The summed E-state index contributed by atoms with van der Waals surface area (Å²) in [6, 6.07) is 5.51. The van der Waals surface area contributed by atoms with Crippen LogP contribution < -0.4 is 14.8 Å².